The summed E-state index contributed by atoms with van der Waals surface area (Å²) in [5.74, 6) is 0.820. The van der Waals surface area contributed by atoms with Crippen LogP contribution in [0.5, 0.6) is 5.75 Å². The van der Waals surface area contributed by atoms with Crippen molar-refractivity contribution in [3.05, 3.63) is 29.8 Å². The molecule has 23 heavy (non-hydrogen) atoms. The Balaban J connectivity index is 0.00000192. The van der Waals surface area contributed by atoms with Gasteiger partial charge in [0.2, 0.25) is 0 Å². The number of carbonyl (C=O) groups is 1. The van der Waals surface area contributed by atoms with Gasteiger partial charge in [-0.3, -0.25) is 4.79 Å². The highest BCUT2D eigenvalue weighted by Gasteiger charge is 2.22. The van der Waals surface area contributed by atoms with Gasteiger partial charge in [-0.25, -0.2) is 0 Å². The number of hydrogen-bond donors (Lipinski definition) is 2. The van der Waals surface area contributed by atoms with E-state index in [0.29, 0.717) is 25.8 Å². The Morgan fingerprint density at radius 2 is 2.09 bits per heavy atom. The van der Waals surface area contributed by atoms with Gasteiger partial charge in [0.25, 0.3) is 5.91 Å². The maximum atomic E-state index is 12.1. The molecular formula is C17H25ClN2O3. The Morgan fingerprint density at radius 3 is 2.83 bits per heavy atom. The van der Waals surface area contributed by atoms with E-state index in [1.54, 1.807) is 0 Å². The third kappa shape index (κ3) is 5.09. The summed E-state index contributed by atoms with van der Waals surface area (Å²) in [5.41, 5.74) is 1.02. The lowest BCUT2D eigenvalue weighted by Crippen LogP contribution is -2.47. The third-order valence-corrected chi connectivity index (χ3v) is 4.24. The lowest BCUT2D eigenvalue weighted by Gasteiger charge is -2.23. The molecule has 1 unspecified atom stereocenters. The van der Waals surface area contributed by atoms with Crippen LogP contribution in [0.25, 0.3) is 0 Å². The standard InChI is InChI=1S/C17H24N2O3.ClH/c20-17(16-12-18-9-10-21-16)19-11-13-5-1-4-8-15(13)22-14-6-2-3-7-14;/h1,4-5,8,14,16,18H,2-3,6-7,9-12H2,(H,19,20);1H. The van der Waals surface area contributed by atoms with Gasteiger partial charge in [-0.15, -0.1) is 12.4 Å². The second kappa shape index (κ2) is 9.11. The molecule has 1 aliphatic heterocycles. The zero-order chi connectivity index (χ0) is 15.2. The maximum absolute atomic E-state index is 12.1. The molecule has 1 heterocycles. The van der Waals surface area contributed by atoms with Crippen LogP contribution in [0.4, 0.5) is 0 Å². The number of benzene rings is 1. The second-order valence-corrected chi connectivity index (χ2v) is 5.91. The molecule has 2 N–H and O–H groups in total. The van der Waals surface area contributed by atoms with Crippen molar-refractivity contribution in [3.8, 4) is 5.75 Å². The highest BCUT2D eigenvalue weighted by atomic mass is 35.5. The van der Waals surface area contributed by atoms with Crippen molar-refractivity contribution in [2.75, 3.05) is 19.7 Å². The molecule has 1 aromatic carbocycles. The summed E-state index contributed by atoms with van der Waals surface area (Å²) in [6.07, 6.45) is 4.68. The number of nitrogens with one attached hydrogen (secondary N) is 2. The van der Waals surface area contributed by atoms with Gasteiger partial charge < -0.3 is 20.1 Å². The normalized spacial score (nSPS) is 21.5. The molecule has 2 fully saturated rings. The van der Waals surface area contributed by atoms with Crippen LogP contribution in [0.1, 0.15) is 31.2 Å². The van der Waals surface area contributed by atoms with Crippen molar-refractivity contribution in [1.82, 2.24) is 10.6 Å². The molecule has 5 nitrogen and oxygen atoms in total. The maximum Gasteiger partial charge on any atom is 0.250 e. The predicted molar refractivity (Wildman–Crippen MR) is 91.0 cm³/mol. The average Bonchev–Trinajstić information content (AvgIpc) is 3.07. The van der Waals surface area contributed by atoms with E-state index in [4.69, 9.17) is 9.47 Å². The molecule has 3 rings (SSSR count). The van der Waals surface area contributed by atoms with Crippen LogP contribution in [-0.2, 0) is 16.1 Å². The molecule has 0 aromatic heterocycles. The first kappa shape index (κ1) is 18.0. The van der Waals surface area contributed by atoms with Crippen molar-refractivity contribution in [1.29, 1.82) is 0 Å². The van der Waals surface area contributed by atoms with E-state index >= 15 is 0 Å². The zero-order valence-electron chi connectivity index (χ0n) is 13.3. The van der Waals surface area contributed by atoms with Crippen molar-refractivity contribution < 1.29 is 14.3 Å². The molecule has 2 aliphatic rings. The Morgan fingerprint density at radius 1 is 1.30 bits per heavy atom. The van der Waals surface area contributed by atoms with Gasteiger partial charge in [-0.05, 0) is 31.7 Å². The molecule has 1 aromatic rings. The summed E-state index contributed by atoms with van der Waals surface area (Å²) in [7, 11) is 0. The highest BCUT2D eigenvalue weighted by molar-refractivity contribution is 5.85. The Kier molecular flexibility index (Phi) is 7.15. The molecule has 0 bridgehead atoms. The molecule has 1 saturated heterocycles. The van der Waals surface area contributed by atoms with E-state index in [9.17, 15) is 4.79 Å². The van der Waals surface area contributed by atoms with Crippen molar-refractivity contribution in [3.63, 3.8) is 0 Å². The van der Waals surface area contributed by atoms with Gasteiger partial charge in [-0.1, -0.05) is 18.2 Å². The first-order chi connectivity index (χ1) is 10.8. The van der Waals surface area contributed by atoms with Gasteiger partial charge in [-0.2, -0.15) is 0 Å². The van der Waals surface area contributed by atoms with Gasteiger partial charge in [0.15, 0.2) is 0 Å². The molecule has 1 amide bonds. The molecule has 0 spiro atoms. The molecule has 6 heteroatoms. The van der Waals surface area contributed by atoms with E-state index < -0.39 is 6.10 Å². The van der Waals surface area contributed by atoms with Crippen LogP contribution in [0.2, 0.25) is 0 Å². The fraction of sp³-hybridized carbons (Fsp3) is 0.588. The lowest BCUT2D eigenvalue weighted by atomic mass is 10.2. The van der Waals surface area contributed by atoms with Crippen LogP contribution in [0, 0.1) is 0 Å². The van der Waals surface area contributed by atoms with Crippen LogP contribution < -0.4 is 15.4 Å². The number of carbonyl (C=O) groups excluding carboxylic acids is 1. The quantitative estimate of drug-likeness (QED) is 0.861. The summed E-state index contributed by atoms with van der Waals surface area (Å²) in [5, 5.41) is 6.11. The second-order valence-electron chi connectivity index (χ2n) is 5.91. The number of hydrogen-bond acceptors (Lipinski definition) is 4. The van der Waals surface area contributed by atoms with E-state index in [1.165, 1.54) is 12.8 Å². The Labute approximate surface area is 143 Å². The summed E-state index contributed by atoms with van der Waals surface area (Å²) in [6, 6.07) is 7.94. The topological polar surface area (TPSA) is 59.6 Å². The third-order valence-electron chi connectivity index (χ3n) is 4.24. The average molecular weight is 341 g/mol. The van der Waals surface area contributed by atoms with Crippen LogP contribution in [0.3, 0.4) is 0 Å². The van der Waals surface area contributed by atoms with Gasteiger partial charge in [0, 0.05) is 25.2 Å². The van der Waals surface area contributed by atoms with E-state index in [2.05, 4.69) is 10.6 Å². The van der Waals surface area contributed by atoms with Crippen molar-refractivity contribution >= 4 is 18.3 Å². The lowest BCUT2D eigenvalue weighted by molar-refractivity contribution is -0.134. The predicted octanol–water partition coefficient (Wildman–Crippen LogP) is 2.03. The minimum Gasteiger partial charge on any atom is -0.490 e. The van der Waals surface area contributed by atoms with Gasteiger partial charge in [0.1, 0.15) is 11.9 Å². The van der Waals surface area contributed by atoms with Crippen molar-refractivity contribution in [2.24, 2.45) is 0 Å². The number of halogens is 1. The fourth-order valence-corrected chi connectivity index (χ4v) is 2.98. The Hall–Kier alpha value is -1.30. The van der Waals surface area contributed by atoms with Crippen molar-refractivity contribution in [2.45, 2.75) is 44.4 Å². The molecular weight excluding hydrogens is 316 g/mol. The molecule has 0 radical (unpaired) electrons. The summed E-state index contributed by atoms with van der Waals surface area (Å²) < 4.78 is 11.5. The first-order valence-corrected chi connectivity index (χ1v) is 8.17. The zero-order valence-corrected chi connectivity index (χ0v) is 14.1. The first-order valence-electron chi connectivity index (χ1n) is 8.17. The number of ether oxygens (including phenoxy) is 2. The van der Waals surface area contributed by atoms with Gasteiger partial charge in [0.05, 0.1) is 12.7 Å². The number of amides is 1. The minimum absolute atomic E-state index is 0. The SMILES string of the molecule is Cl.O=C(NCc1ccccc1OC1CCCC1)C1CNCCO1. The molecule has 128 valence electrons. The summed E-state index contributed by atoms with van der Waals surface area (Å²) in [4.78, 5) is 12.1. The fourth-order valence-electron chi connectivity index (χ4n) is 2.98. The minimum atomic E-state index is -0.392. The molecule has 1 saturated carbocycles. The smallest absolute Gasteiger partial charge is 0.250 e. The van der Waals surface area contributed by atoms with E-state index in [0.717, 1.165) is 30.7 Å². The number of para-hydroxylation sites is 1. The largest absolute Gasteiger partial charge is 0.490 e. The van der Waals surface area contributed by atoms with Crippen LogP contribution in [0.15, 0.2) is 24.3 Å². The number of rotatable bonds is 5. The molecule has 1 aliphatic carbocycles. The summed E-state index contributed by atoms with van der Waals surface area (Å²) in [6.45, 7) is 2.44. The van der Waals surface area contributed by atoms with E-state index in [1.807, 2.05) is 24.3 Å². The van der Waals surface area contributed by atoms with Gasteiger partial charge >= 0.3 is 0 Å². The Bertz CT molecular complexity index is 500. The van der Waals surface area contributed by atoms with E-state index in [-0.39, 0.29) is 18.3 Å². The monoisotopic (exact) mass is 340 g/mol. The molecule has 1 atom stereocenters. The summed E-state index contributed by atoms with van der Waals surface area (Å²) >= 11 is 0. The number of morpholine rings is 1. The van der Waals surface area contributed by atoms with Crippen LogP contribution >= 0.6 is 12.4 Å². The van der Waals surface area contributed by atoms with Crippen LogP contribution in [-0.4, -0.2) is 37.8 Å². The highest BCUT2D eigenvalue weighted by Crippen LogP contribution is 2.26.